The summed E-state index contributed by atoms with van der Waals surface area (Å²) in [7, 11) is 4.64. The van der Waals surface area contributed by atoms with Gasteiger partial charge in [-0.1, -0.05) is 0 Å². The molecule has 0 aliphatic carbocycles. The van der Waals surface area contributed by atoms with E-state index >= 15 is 0 Å². The molecular formula is C19H18FNO4S. The lowest BCUT2D eigenvalue weighted by atomic mass is 10.1. The van der Waals surface area contributed by atoms with Crippen LogP contribution in [0, 0.1) is 5.82 Å². The van der Waals surface area contributed by atoms with Crippen molar-refractivity contribution in [2.45, 2.75) is 6.54 Å². The highest BCUT2D eigenvalue weighted by Crippen LogP contribution is 2.34. The van der Waals surface area contributed by atoms with Crippen molar-refractivity contribution < 1.29 is 23.4 Å². The second kappa shape index (κ2) is 7.61. The Labute approximate surface area is 154 Å². The quantitative estimate of drug-likeness (QED) is 0.708. The Morgan fingerprint density at radius 3 is 2.38 bits per heavy atom. The Balaban J connectivity index is 1.79. The molecule has 1 N–H and O–H groups in total. The van der Waals surface area contributed by atoms with Gasteiger partial charge in [0, 0.05) is 22.9 Å². The molecule has 1 amide bonds. The first-order valence-electron chi connectivity index (χ1n) is 7.82. The van der Waals surface area contributed by atoms with Crippen LogP contribution in [0.4, 0.5) is 4.39 Å². The van der Waals surface area contributed by atoms with E-state index in [4.69, 9.17) is 14.2 Å². The van der Waals surface area contributed by atoms with E-state index < -0.39 is 0 Å². The number of amides is 1. The Bertz CT molecular complexity index is 954. The van der Waals surface area contributed by atoms with Crippen LogP contribution in [0.2, 0.25) is 0 Å². The molecular weight excluding hydrogens is 357 g/mol. The highest BCUT2D eigenvalue weighted by Gasteiger charge is 2.15. The van der Waals surface area contributed by atoms with E-state index in [1.165, 1.54) is 23.5 Å². The third-order valence-corrected chi connectivity index (χ3v) is 5.04. The zero-order valence-corrected chi connectivity index (χ0v) is 15.4. The second-order valence-corrected chi connectivity index (χ2v) is 6.58. The van der Waals surface area contributed by atoms with Crippen molar-refractivity contribution >= 4 is 27.3 Å². The van der Waals surface area contributed by atoms with Crippen molar-refractivity contribution in [1.82, 2.24) is 5.32 Å². The maximum atomic E-state index is 13.3. The minimum atomic E-state index is -0.322. The van der Waals surface area contributed by atoms with Crippen LogP contribution in [0.25, 0.3) is 10.1 Å². The lowest BCUT2D eigenvalue weighted by Crippen LogP contribution is -2.22. The predicted molar refractivity (Wildman–Crippen MR) is 99.1 cm³/mol. The maximum Gasteiger partial charge on any atom is 0.261 e. The number of rotatable bonds is 6. The van der Waals surface area contributed by atoms with Crippen LogP contribution in [0.3, 0.4) is 0 Å². The van der Waals surface area contributed by atoms with E-state index in [-0.39, 0.29) is 18.3 Å². The molecule has 0 saturated heterocycles. The summed E-state index contributed by atoms with van der Waals surface area (Å²) < 4.78 is 30.1. The number of thiophene rings is 1. The summed E-state index contributed by atoms with van der Waals surface area (Å²) >= 11 is 1.32. The second-order valence-electron chi connectivity index (χ2n) is 5.49. The Morgan fingerprint density at radius 2 is 1.69 bits per heavy atom. The van der Waals surface area contributed by atoms with Crippen LogP contribution in [0.1, 0.15) is 15.2 Å². The molecule has 2 aromatic carbocycles. The van der Waals surface area contributed by atoms with E-state index in [1.54, 1.807) is 45.6 Å². The topological polar surface area (TPSA) is 56.8 Å². The SMILES string of the molecule is COc1cc(OC)c(OC)cc1CNC(=O)c1cc2cc(F)ccc2s1. The predicted octanol–water partition coefficient (Wildman–Crippen LogP) is 4.00. The molecule has 0 saturated carbocycles. The van der Waals surface area contributed by atoms with Crippen LogP contribution < -0.4 is 19.5 Å². The minimum absolute atomic E-state index is 0.233. The number of fused-ring (bicyclic) bond motifs is 1. The summed E-state index contributed by atoms with van der Waals surface area (Å²) in [6.07, 6.45) is 0. The van der Waals surface area contributed by atoms with Gasteiger partial charge in [-0.15, -0.1) is 11.3 Å². The molecule has 7 heteroatoms. The molecule has 0 atom stereocenters. The van der Waals surface area contributed by atoms with Gasteiger partial charge in [0.25, 0.3) is 5.91 Å². The Kier molecular flexibility index (Phi) is 5.27. The molecule has 0 radical (unpaired) electrons. The number of hydrogen-bond donors (Lipinski definition) is 1. The molecule has 26 heavy (non-hydrogen) atoms. The van der Waals surface area contributed by atoms with Gasteiger partial charge in [-0.3, -0.25) is 4.79 Å². The zero-order chi connectivity index (χ0) is 18.7. The largest absolute Gasteiger partial charge is 0.496 e. The van der Waals surface area contributed by atoms with E-state index in [1.807, 2.05) is 0 Å². The number of halogens is 1. The van der Waals surface area contributed by atoms with Crippen LogP contribution in [-0.2, 0) is 6.54 Å². The van der Waals surface area contributed by atoms with Gasteiger partial charge in [-0.05, 0) is 35.7 Å². The number of hydrogen-bond acceptors (Lipinski definition) is 5. The van der Waals surface area contributed by atoms with Gasteiger partial charge in [0.05, 0.1) is 26.2 Å². The van der Waals surface area contributed by atoms with Crippen molar-refractivity contribution in [3.63, 3.8) is 0 Å². The molecule has 1 heterocycles. The molecule has 0 bridgehead atoms. The normalized spacial score (nSPS) is 10.6. The number of ether oxygens (including phenoxy) is 3. The fourth-order valence-electron chi connectivity index (χ4n) is 2.62. The molecule has 3 rings (SSSR count). The maximum absolute atomic E-state index is 13.3. The van der Waals surface area contributed by atoms with Gasteiger partial charge in [-0.2, -0.15) is 0 Å². The molecule has 0 aliphatic heterocycles. The van der Waals surface area contributed by atoms with Crippen LogP contribution in [0.15, 0.2) is 36.4 Å². The Hall–Kier alpha value is -2.80. The standard InChI is InChI=1S/C19H18FNO4S/c1-23-14-9-16(25-3)15(24-2)7-12(14)10-21-19(22)18-8-11-6-13(20)4-5-17(11)26-18/h4-9H,10H2,1-3H3,(H,21,22). The molecule has 0 aliphatic rings. The van der Waals surface area contributed by atoms with Crippen molar-refractivity contribution in [1.29, 1.82) is 0 Å². The molecule has 3 aromatic rings. The summed E-state index contributed by atoms with van der Waals surface area (Å²) in [5, 5.41) is 3.57. The van der Waals surface area contributed by atoms with Gasteiger partial charge < -0.3 is 19.5 Å². The fourth-order valence-corrected chi connectivity index (χ4v) is 3.58. The number of benzene rings is 2. The highest BCUT2D eigenvalue weighted by atomic mass is 32.1. The van der Waals surface area contributed by atoms with Gasteiger partial charge in [0.1, 0.15) is 11.6 Å². The summed E-state index contributed by atoms with van der Waals surface area (Å²) in [4.78, 5) is 13.0. The van der Waals surface area contributed by atoms with Crippen molar-refractivity contribution in [3.8, 4) is 17.2 Å². The van der Waals surface area contributed by atoms with Crippen molar-refractivity contribution in [3.05, 3.63) is 52.7 Å². The van der Waals surface area contributed by atoms with Gasteiger partial charge in [0.15, 0.2) is 11.5 Å². The lowest BCUT2D eigenvalue weighted by Gasteiger charge is -2.14. The first kappa shape index (κ1) is 18.0. The third-order valence-electron chi connectivity index (χ3n) is 3.93. The van der Waals surface area contributed by atoms with Gasteiger partial charge in [0.2, 0.25) is 0 Å². The highest BCUT2D eigenvalue weighted by molar-refractivity contribution is 7.20. The van der Waals surface area contributed by atoms with Gasteiger partial charge >= 0.3 is 0 Å². The van der Waals surface area contributed by atoms with Crippen molar-refractivity contribution in [2.75, 3.05) is 21.3 Å². The smallest absolute Gasteiger partial charge is 0.261 e. The van der Waals surface area contributed by atoms with E-state index in [9.17, 15) is 9.18 Å². The lowest BCUT2D eigenvalue weighted by molar-refractivity contribution is 0.0954. The molecule has 5 nitrogen and oxygen atoms in total. The summed E-state index contributed by atoms with van der Waals surface area (Å²) in [6.45, 7) is 0.255. The summed E-state index contributed by atoms with van der Waals surface area (Å²) in [6, 6.07) is 9.63. The van der Waals surface area contributed by atoms with E-state index in [0.717, 1.165) is 10.3 Å². The Morgan fingerprint density at radius 1 is 1.00 bits per heavy atom. The van der Waals surface area contributed by atoms with E-state index in [2.05, 4.69) is 5.32 Å². The molecule has 136 valence electrons. The molecule has 0 fully saturated rings. The monoisotopic (exact) mass is 375 g/mol. The van der Waals surface area contributed by atoms with Crippen LogP contribution >= 0.6 is 11.3 Å². The summed E-state index contributed by atoms with van der Waals surface area (Å²) in [5.74, 6) is 1.13. The molecule has 0 unspecified atom stereocenters. The molecule has 1 aromatic heterocycles. The third kappa shape index (κ3) is 3.57. The summed E-state index contributed by atoms with van der Waals surface area (Å²) in [5.41, 5.74) is 0.755. The number of carbonyl (C=O) groups is 1. The van der Waals surface area contributed by atoms with Crippen LogP contribution in [-0.4, -0.2) is 27.2 Å². The first-order valence-corrected chi connectivity index (χ1v) is 8.63. The van der Waals surface area contributed by atoms with Crippen LogP contribution in [0.5, 0.6) is 17.2 Å². The average Bonchev–Trinajstić information content (AvgIpc) is 3.08. The van der Waals surface area contributed by atoms with Gasteiger partial charge in [-0.25, -0.2) is 4.39 Å². The minimum Gasteiger partial charge on any atom is -0.496 e. The molecule has 0 spiro atoms. The number of nitrogens with one attached hydrogen (secondary N) is 1. The fraction of sp³-hybridized carbons (Fsp3) is 0.211. The van der Waals surface area contributed by atoms with E-state index in [0.29, 0.717) is 27.5 Å². The average molecular weight is 375 g/mol. The van der Waals surface area contributed by atoms with Crippen molar-refractivity contribution in [2.24, 2.45) is 0 Å². The zero-order valence-electron chi connectivity index (χ0n) is 14.6. The number of methoxy groups -OCH3 is 3. The number of carbonyl (C=O) groups excluding carboxylic acids is 1. The first-order chi connectivity index (χ1) is 12.5.